The van der Waals surface area contributed by atoms with Crippen LogP contribution in [0, 0.1) is 6.57 Å². The van der Waals surface area contributed by atoms with Gasteiger partial charge in [0.25, 0.3) is 0 Å². The van der Waals surface area contributed by atoms with E-state index in [1.54, 1.807) is 36.7 Å². The van der Waals surface area contributed by atoms with Crippen molar-refractivity contribution in [2.24, 2.45) is 7.05 Å². The summed E-state index contributed by atoms with van der Waals surface area (Å²) >= 11 is 14.1. The topological polar surface area (TPSA) is 64.2 Å². The summed E-state index contributed by atoms with van der Waals surface area (Å²) in [5, 5.41) is 3.65. The predicted octanol–water partition coefficient (Wildman–Crippen LogP) is 6.69. The van der Waals surface area contributed by atoms with Gasteiger partial charge in [0.1, 0.15) is 11.6 Å². The summed E-state index contributed by atoms with van der Waals surface area (Å²) in [6.45, 7) is 9.37. The van der Waals surface area contributed by atoms with Crippen LogP contribution in [0.5, 0.6) is 0 Å². The molecule has 0 spiro atoms. The Morgan fingerprint density at radius 2 is 1.97 bits per heavy atom. The molecule has 9 heteroatoms. The van der Waals surface area contributed by atoms with Crippen molar-refractivity contribution in [1.29, 1.82) is 0 Å². The number of pyridine rings is 1. The number of carbonyl (C=O) groups excluding carboxylic acids is 1. The van der Waals surface area contributed by atoms with Crippen molar-refractivity contribution in [3.63, 3.8) is 0 Å². The Morgan fingerprint density at radius 1 is 1.16 bits per heavy atom. The van der Waals surface area contributed by atoms with Crippen LogP contribution in [0.3, 0.4) is 0 Å². The first-order valence-corrected chi connectivity index (χ1v) is 10.7. The molecule has 6 nitrogen and oxygen atoms in total. The first-order chi connectivity index (χ1) is 14.9. The van der Waals surface area contributed by atoms with E-state index in [1.807, 2.05) is 23.9 Å². The van der Waals surface area contributed by atoms with Gasteiger partial charge >= 0.3 is 0 Å². The zero-order valence-corrected chi connectivity index (χ0v) is 18.8. The van der Waals surface area contributed by atoms with E-state index in [-0.39, 0.29) is 5.91 Å². The van der Waals surface area contributed by atoms with Crippen LogP contribution in [0.15, 0.2) is 48.9 Å². The van der Waals surface area contributed by atoms with Crippen LogP contribution in [0.2, 0.25) is 10.0 Å². The molecule has 0 aliphatic rings. The summed E-state index contributed by atoms with van der Waals surface area (Å²) in [7, 11) is 1.90. The normalized spacial score (nSPS) is 10.7. The molecule has 0 fully saturated rings. The third-order valence-electron chi connectivity index (χ3n) is 4.55. The number of anilines is 1. The standard InChI is InChI=1S/C22H15Cl2N5OS/c1-12(30)28-17-10-13(6-7-26-17)20-19(25-2)18(15-5-4-14(23)11-16(15)24)21(31-20)22-27-8-9-29(22)3/h4-11H,1,3H3,(H,26,28,30). The van der Waals surface area contributed by atoms with E-state index in [1.165, 1.54) is 18.3 Å². The summed E-state index contributed by atoms with van der Waals surface area (Å²) in [6, 6.07) is 8.77. The molecule has 1 N–H and O–H groups in total. The number of nitrogens with one attached hydrogen (secondary N) is 1. The SMILES string of the molecule is [C-]#[N+]c1c(-c2ccnc(NC(C)=O)c2)sc(-c2nccn2C)c1-c1ccc(Cl)cc1Cl. The lowest BCUT2D eigenvalue weighted by atomic mass is 10.0. The number of aromatic nitrogens is 3. The van der Waals surface area contributed by atoms with Gasteiger partial charge in [-0.15, -0.1) is 11.3 Å². The number of hydrogen-bond donors (Lipinski definition) is 1. The second-order valence-corrected chi connectivity index (χ2v) is 8.56. The molecule has 1 amide bonds. The first-order valence-electron chi connectivity index (χ1n) is 9.10. The van der Waals surface area contributed by atoms with Crippen LogP contribution >= 0.6 is 34.5 Å². The average molecular weight is 468 g/mol. The van der Waals surface area contributed by atoms with Crippen LogP contribution in [-0.4, -0.2) is 20.4 Å². The Hall–Kier alpha value is -3.18. The highest BCUT2D eigenvalue weighted by Gasteiger charge is 2.25. The van der Waals surface area contributed by atoms with E-state index >= 15 is 0 Å². The predicted molar refractivity (Wildman–Crippen MR) is 126 cm³/mol. The molecule has 0 aliphatic heterocycles. The lowest BCUT2D eigenvalue weighted by Crippen LogP contribution is -2.07. The highest BCUT2D eigenvalue weighted by molar-refractivity contribution is 7.20. The Bertz CT molecular complexity index is 1350. The quantitative estimate of drug-likeness (QED) is 0.339. The van der Waals surface area contributed by atoms with Crippen LogP contribution in [-0.2, 0) is 11.8 Å². The third kappa shape index (κ3) is 4.06. The zero-order chi connectivity index (χ0) is 22.1. The van der Waals surface area contributed by atoms with Gasteiger partial charge in [0.15, 0.2) is 0 Å². The van der Waals surface area contributed by atoms with E-state index in [4.69, 9.17) is 29.8 Å². The highest BCUT2D eigenvalue weighted by atomic mass is 35.5. The van der Waals surface area contributed by atoms with Gasteiger partial charge in [0.2, 0.25) is 11.6 Å². The zero-order valence-electron chi connectivity index (χ0n) is 16.5. The van der Waals surface area contributed by atoms with E-state index in [0.717, 1.165) is 21.1 Å². The van der Waals surface area contributed by atoms with Crippen molar-refractivity contribution in [3.8, 4) is 32.3 Å². The monoisotopic (exact) mass is 467 g/mol. The van der Waals surface area contributed by atoms with Crippen molar-refractivity contribution in [1.82, 2.24) is 14.5 Å². The molecular weight excluding hydrogens is 453 g/mol. The van der Waals surface area contributed by atoms with Crippen LogP contribution in [0.25, 0.3) is 37.1 Å². The number of rotatable bonds is 4. The molecule has 0 radical (unpaired) electrons. The van der Waals surface area contributed by atoms with Gasteiger partial charge in [0.05, 0.1) is 11.4 Å². The van der Waals surface area contributed by atoms with Gasteiger partial charge in [-0.3, -0.25) is 4.79 Å². The molecule has 154 valence electrons. The van der Waals surface area contributed by atoms with Crippen molar-refractivity contribution in [2.75, 3.05) is 5.32 Å². The fourth-order valence-electron chi connectivity index (χ4n) is 3.23. The fourth-order valence-corrected chi connectivity index (χ4v) is 5.02. The summed E-state index contributed by atoms with van der Waals surface area (Å²) in [5.74, 6) is 0.917. The van der Waals surface area contributed by atoms with Gasteiger partial charge in [-0.25, -0.2) is 14.8 Å². The fraction of sp³-hybridized carbons (Fsp3) is 0.0909. The smallest absolute Gasteiger partial charge is 0.222 e. The second-order valence-electron chi connectivity index (χ2n) is 6.69. The Balaban J connectivity index is 2.01. The Morgan fingerprint density at radius 3 is 2.61 bits per heavy atom. The van der Waals surface area contributed by atoms with E-state index in [9.17, 15) is 4.79 Å². The number of thiophene rings is 1. The number of aryl methyl sites for hydroxylation is 1. The van der Waals surface area contributed by atoms with Crippen LogP contribution in [0.1, 0.15) is 6.92 Å². The van der Waals surface area contributed by atoms with Gasteiger partial charge in [-0.1, -0.05) is 29.3 Å². The van der Waals surface area contributed by atoms with E-state index < -0.39 is 0 Å². The highest BCUT2D eigenvalue weighted by Crippen LogP contribution is 2.53. The van der Waals surface area contributed by atoms with Crippen LogP contribution in [0.4, 0.5) is 11.5 Å². The van der Waals surface area contributed by atoms with E-state index in [0.29, 0.717) is 32.7 Å². The minimum atomic E-state index is -0.219. The average Bonchev–Trinajstić information content (AvgIpc) is 3.30. The molecule has 1 aromatic carbocycles. The molecule has 3 aromatic heterocycles. The minimum absolute atomic E-state index is 0.219. The lowest BCUT2D eigenvalue weighted by molar-refractivity contribution is -0.114. The third-order valence-corrected chi connectivity index (χ3v) is 6.32. The molecule has 0 saturated heterocycles. The Kier molecular flexibility index (Phi) is 5.79. The Labute approximate surface area is 192 Å². The molecular formula is C22H15Cl2N5OS. The van der Waals surface area contributed by atoms with Crippen molar-refractivity contribution >= 4 is 52.0 Å². The van der Waals surface area contributed by atoms with Crippen molar-refractivity contribution in [3.05, 3.63) is 70.4 Å². The van der Waals surface area contributed by atoms with Gasteiger partial charge in [0, 0.05) is 53.0 Å². The number of benzene rings is 1. The van der Waals surface area contributed by atoms with Gasteiger partial charge in [-0.05, 0) is 35.4 Å². The molecule has 0 aliphatic carbocycles. The summed E-state index contributed by atoms with van der Waals surface area (Å²) < 4.78 is 1.89. The summed E-state index contributed by atoms with van der Waals surface area (Å²) in [5.41, 5.74) is 2.62. The second kappa shape index (κ2) is 8.52. The van der Waals surface area contributed by atoms with Crippen molar-refractivity contribution in [2.45, 2.75) is 6.92 Å². The number of imidazole rings is 1. The maximum absolute atomic E-state index is 11.5. The molecule has 3 heterocycles. The van der Waals surface area contributed by atoms with E-state index in [2.05, 4.69) is 20.1 Å². The summed E-state index contributed by atoms with van der Waals surface area (Å²) in [4.78, 5) is 25.5. The molecule has 0 saturated carbocycles. The number of hydrogen-bond acceptors (Lipinski definition) is 4. The molecule has 4 rings (SSSR count). The largest absolute Gasteiger partial charge is 0.333 e. The maximum atomic E-state index is 11.5. The molecule has 0 unspecified atom stereocenters. The molecule has 0 atom stereocenters. The van der Waals surface area contributed by atoms with Gasteiger partial charge in [-0.2, -0.15) is 0 Å². The summed E-state index contributed by atoms with van der Waals surface area (Å²) in [6.07, 6.45) is 5.16. The molecule has 31 heavy (non-hydrogen) atoms. The number of nitrogens with zero attached hydrogens (tertiary/aromatic N) is 4. The van der Waals surface area contributed by atoms with Crippen LogP contribution < -0.4 is 5.32 Å². The number of carbonyl (C=O) groups is 1. The lowest BCUT2D eigenvalue weighted by Gasteiger charge is -2.08. The maximum Gasteiger partial charge on any atom is 0.222 e. The minimum Gasteiger partial charge on any atom is -0.333 e. The first kappa shape index (κ1) is 21.1. The number of amides is 1. The number of halogens is 2. The molecule has 0 bridgehead atoms. The van der Waals surface area contributed by atoms with Crippen molar-refractivity contribution < 1.29 is 4.79 Å². The molecule has 4 aromatic rings. The van der Waals surface area contributed by atoms with Gasteiger partial charge < -0.3 is 9.88 Å².